The average Bonchev–Trinajstić information content (AvgIpc) is 3.24. The molecule has 0 unspecified atom stereocenters. The average molecular weight is 601 g/mol. The van der Waals surface area contributed by atoms with Crippen LogP contribution in [0.25, 0.3) is 0 Å². The number of hydrogen-bond acceptors (Lipinski definition) is 6. The molecule has 4 rings (SSSR count). The molecule has 0 aliphatic heterocycles. The molecule has 10 heteroatoms. The van der Waals surface area contributed by atoms with Crippen molar-refractivity contribution in [3.8, 4) is 0 Å². The number of hydrogen-bond donors (Lipinski definition) is 4. The molecule has 2 heterocycles. The van der Waals surface area contributed by atoms with Crippen molar-refractivity contribution in [3.63, 3.8) is 0 Å². The predicted octanol–water partition coefficient (Wildman–Crippen LogP) is 6.37. The van der Waals surface area contributed by atoms with E-state index < -0.39 is 0 Å². The first kappa shape index (κ1) is 31.2. The lowest BCUT2D eigenvalue weighted by Gasteiger charge is -2.08. The van der Waals surface area contributed by atoms with Crippen molar-refractivity contribution < 1.29 is 19.2 Å². The van der Waals surface area contributed by atoms with Crippen molar-refractivity contribution in [3.05, 3.63) is 32.0 Å². The minimum atomic E-state index is -0.122. The number of carbonyl (C=O) groups is 4. The van der Waals surface area contributed by atoms with Gasteiger partial charge in [0, 0.05) is 36.7 Å². The first-order chi connectivity index (χ1) is 19.9. The molecule has 0 radical (unpaired) electrons. The van der Waals surface area contributed by atoms with E-state index in [9.17, 15) is 19.2 Å². The molecule has 41 heavy (non-hydrogen) atoms. The summed E-state index contributed by atoms with van der Waals surface area (Å²) in [4.78, 5) is 53.0. The SMILES string of the molecule is CNC(=O)c1c(NC(=O)CCCCCCCC(=O)Nc2sc3c(c2C(=O)NC)CCCCC3)sc2c1CCCCC2. The third-order valence-corrected chi connectivity index (χ3v) is 10.5. The highest BCUT2D eigenvalue weighted by atomic mass is 32.1. The summed E-state index contributed by atoms with van der Waals surface area (Å²) < 4.78 is 0. The lowest BCUT2D eigenvalue weighted by Crippen LogP contribution is -2.21. The Balaban J connectivity index is 1.17. The highest BCUT2D eigenvalue weighted by Gasteiger charge is 2.26. The van der Waals surface area contributed by atoms with Gasteiger partial charge in [-0.2, -0.15) is 0 Å². The van der Waals surface area contributed by atoms with E-state index in [0.29, 0.717) is 34.0 Å². The van der Waals surface area contributed by atoms with E-state index in [-0.39, 0.29) is 23.6 Å². The van der Waals surface area contributed by atoms with Gasteiger partial charge in [-0.1, -0.05) is 32.1 Å². The van der Waals surface area contributed by atoms with Crippen molar-refractivity contribution in [2.24, 2.45) is 0 Å². The number of unbranched alkanes of at least 4 members (excludes halogenated alkanes) is 4. The van der Waals surface area contributed by atoms with Gasteiger partial charge in [0.1, 0.15) is 10.0 Å². The van der Waals surface area contributed by atoms with Gasteiger partial charge in [0.05, 0.1) is 11.1 Å². The van der Waals surface area contributed by atoms with Crippen LogP contribution in [0.3, 0.4) is 0 Å². The fraction of sp³-hybridized carbons (Fsp3) is 0.613. The fourth-order valence-corrected chi connectivity index (χ4v) is 8.48. The molecule has 8 nitrogen and oxygen atoms in total. The van der Waals surface area contributed by atoms with Crippen LogP contribution in [0.2, 0.25) is 0 Å². The van der Waals surface area contributed by atoms with E-state index in [4.69, 9.17) is 0 Å². The van der Waals surface area contributed by atoms with E-state index in [1.54, 1.807) is 36.8 Å². The Labute approximate surface area is 251 Å². The van der Waals surface area contributed by atoms with Gasteiger partial charge in [-0.3, -0.25) is 19.2 Å². The summed E-state index contributed by atoms with van der Waals surface area (Å²) in [6.45, 7) is 0. The molecule has 2 aliphatic carbocycles. The second kappa shape index (κ2) is 15.5. The van der Waals surface area contributed by atoms with Crippen LogP contribution in [0.5, 0.6) is 0 Å². The Bertz CT molecular complexity index is 1160. The van der Waals surface area contributed by atoms with Crippen LogP contribution >= 0.6 is 22.7 Å². The summed E-state index contributed by atoms with van der Waals surface area (Å²) in [5.74, 6) is -0.343. The first-order valence-electron chi connectivity index (χ1n) is 15.3. The van der Waals surface area contributed by atoms with Gasteiger partial charge in [0.15, 0.2) is 0 Å². The zero-order valence-electron chi connectivity index (χ0n) is 24.5. The molecule has 0 spiro atoms. The maximum Gasteiger partial charge on any atom is 0.254 e. The van der Waals surface area contributed by atoms with E-state index in [0.717, 1.165) is 94.6 Å². The Kier molecular flexibility index (Phi) is 11.8. The quantitative estimate of drug-likeness (QED) is 0.167. The molecule has 224 valence electrons. The van der Waals surface area contributed by atoms with E-state index in [1.807, 2.05) is 0 Å². The number of thiophene rings is 2. The van der Waals surface area contributed by atoms with Crippen molar-refractivity contribution in [1.82, 2.24) is 10.6 Å². The summed E-state index contributed by atoms with van der Waals surface area (Å²) in [5.41, 5.74) is 3.54. The maximum atomic E-state index is 12.7. The zero-order valence-corrected chi connectivity index (χ0v) is 26.1. The minimum absolute atomic E-state index is 0.0489. The molecular formula is C31H44N4O4S2. The first-order valence-corrected chi connectivity index (χ1v) is 16.9. The van der Waals surface area contributed by atoms with Gasteiger partial charge >= 0.3 is 0 Å². The van der Waals surface area contributed by atoms with Crippen LogP contribution in [-0.4, -0.2) is 37.7 Å². The number of nitrogens with one attached hydrogen (secondary N) is 4. The molecule has 4 N–H and O–H groups in total. The Morgan fingerprint density at radius 3 is 1.37 bits per heavy atom. The standard InChI is InChI=1S/C31H44N4O4S2/c1-32-28(38)26-20-14-8-6-10-16-22(20)40-30(26)34-24(36)18-12-4-3-5-13-19-25(37)35-31-27(29(39)33-2)21-15-9-7-11-17-23(21)41-31/h3-19H2,1-2H3,(H,32,38)(H,33,39)(H,34,36)(H,35,37). The summed E-state index contributed by atoms with van der Waals surface area (Å²) in [5, 5.41) is 12.9. The molecule has 2 aromatic rings. The summed E-state index contributed by atoms with van der Waals surface area (Å²) in [7, 11) is 3.27. The summed E-state index contributed by atoms with van der Waals surface area (Å²) in [6.07, 6.45) is 15.7. The topological polar surface area (TPSA) is 116 Å². The molecule has 0 saturated heterocycles. The van der Waals surface area contributed by atoms with E-state index >= 15 is 0 Å². The third kappa shape index (κ3) is 8.19. The zero-order chi connectivity index (χ0) is 29.2. The highest BCUT2D eigenvalue weighted by Crippen LogP contribution is 2.39. The van der Waals surface area contributed by atoms with Crippen LogP contribution in [0.4, 0.5) is 10.0 Å². The van der Waals surface area contributed by atoms with Gasteiger partial charge in [0.2, 0.25) is 11.8 Å². The lowest BCUT2D eigenvalue weighted by atomic mass is 10.0. The molecule has 0 atom stereocenters. The lowest BCUT2D eigenvalue weighted by molar-refractivity contribution is -0.117. The summed E-state index contributed by atoms with van der Waals surface area (Å²) in [6, 6.07) is 0. The van der Waals surface area contributed by atoms with Crippen LogP contribution in [0.15, 0.2) is 0 Å². The van der Waals surface area contributed by atoms with Gasteiger partial charge in [0.25, 0.3) is 11.8 Å². The molecule has 0 fully saturated rings. The molecular weight excluding hydrogens is 556 g/mol. The van der Waals surface area contributed by atoms with Gasteiger partial charge in [-0.05, 0) is 75.3 Å². The molecule has 4 amide bonds. The molecule has 0 bridgehead atoms. The highest BCUT2D eigenvalue weighted by molar-refractivity contribution is 7.17. The van der Waals surface area contributed by atoms with Crippen molar-refractivity contribution in [1.29, 1.82) is 0 Å². The van der Waals surface area contributed by atoms with Crippen LogP contribution < -0.4 is 21.3 Å². The van der Waals surface area contributed by atoms with Crippen molar-refractivity contribution in [2.75, 3.05) is 24.7 Å². The van der Waals surface area contributed by atoms with Crippen LogP contribution in [0.1, 0.15) is 125 Å². The fourth-order valence-electron chi connectivity index (χ4n) is 5.87. The van der Waals surface area contributed by atoms with Crippen LogP contribution in [0, 0.1) is 0 Å². The number of fused-ring (bicyclic) bond motifs is 2. The Morgan fingerprint density at radius 2 is 0.951 bits per heavy atom. The number of carbonyl (C=O) groups excluding carboxylic acids is 4. The smallest absolute Gasteiger partial charge is 0.254 e. The summed E-state index contributed by atoms with van der Waals surface area (Å²) >= 11 is 3.12. The normalized spacial score (nSPS) is 14.7. The second-order valence-electron chi connectivity index (χ2n) is 11.1. The van der Waals surface area contributed by atoms with E-state index in [2.05, 4.69) is 21.3 Å². The molecule has 2 aliphatic rings. The molecule has 0 aromatic carbocycles. The number of anilines is 2. The number of aryl methyl sites for hydroxylation is 2. The Morgan fingerprint density at radius 1 is 0.561 bits per heavy atom. The monoisotopic (exact) mass is 600 g/mol. The largest absolute Gasteiger partial charge is 0.355 e. The van der Waals surface area contributed by atoms with Gasteiger partial charge in [-0.25, -0.2) is 0 Å². The second-order valence-corrected chi connectivity index (χ2v) is 13.3. The predicted molar refractivity (Wildman–Crippen MR) is 168 cm³/mol. The Hall–Kier alpha value is -2.72. The third-order valence-electron chi connectivity index (χ3n) is 8.06. The number of amides is 4. The van der Waals surface area contributed by atoms with Gasteiger partial charge < -0.3 is 21.3 Å². The maximum absolute atomic E-state index is 12.7. The van der Waals surface area contributed by atoms with Crippen LogP contribution in [-0.2, 0) is 35.3 Å². The number of rotatable bonds is 12. The minimum Gasteiger partial charge on any atom is -0.355 e. The van der Waals surface area contributed by atoms with Crippen molar-refractivity contribution >= 4 is 56.3 Å². The van der Waals surface area contributed by atoms with Gasteiger partial charge in [-0.15, -0.1) is 22.7 Å². The molecule has 2 aromatic heterocycles. The van der Waals surface area contributed by atoms with E-state index in [1.165, 1.54) is 22.6 Å². The molecule has 0 saturated carbocycles. The van der Waals surface area contributed by atoms with Crippen molar-refractivity contribution in [2.45, 2.75) is 109 Å².